The van der Waals surface area contributed by atoms with Gasteiger partial charge in [-0.15, -0.1) is 0 Å². The topological polar surface area (TPSA) is 37.8 Å². The fourth-order valence-electron chi connectivity index (χ4n) is 1.80. The van der Waals surface area contributed by atoms with Crippen molar-refractivity contribution in [3.63, 3.8) is 0 Å². The summed E-state index contributed by atoms with van der Waals surface area (Å²) in [4.78, 5) is 8.92. The molecule has 1 N–H and O–H groups in total. The molecule has 1 saturated carbocycles. The standard InChI is InChI=1S/C14H14BrN3/c15-11-3-1-2-10(8-11)14-16-7-6-13(18-14)9-17-12-4-5-12/h1-3,6-8,12,17H,4-5,9H2. The van der Waals surface area contributed by atoms with E-state index in [-0.39, 0.29) is 0 Å². The Labute approximate surface area is 115 Å². The van der Waals surface area contributed by atoms with Gasteiger partial charge in [-0.25, -0.2) is 9.97 Å². The summed E-state index contributed by atoms with van der Waals surface area (Å²) in [7, 11) is 0. The second kappa shape index (κ2) is 5.16. The summed E-state index contributed by atoms with van der Waals surface area (Å²) >= 11 is 3.47. The number of aromatic nitrogens is 2. The van der Waals surface area contributed by atoms with Gasteiger partial charge in [0.05, 0.1) is 5.69 Å². The van der Waals surface area contributed by atoms with Gasteiger partial charge in [0.25, 0.3) is 0 Å². The molecule has 1 aliphatic rings. The molecule has 0 bridgehead atoms. The molecule has 1 aromatic carbocycles. The third-order valence-electron chi connectivity index (χ3n) is 2.95. The van der Waals surface area contributed by atoms with E-state index in [9.17, 15) is 0 Å². The number of nitrogens with one attached hydrogen (secondary N) is 1. The number of hydrogen-bond donors (Lipinski definition) is 1. The van der Waals surface area contributed by atoms with Gasteiger partial charge in [-0.3, -0.25) is 0 Å². The van der Waals surface area contributed by atoms with Crippen molar-refractivity contribution in [3.8, 4) is 11.4 Å². The van der Waals surface area contributed by atoms with Crippen LogP contribution in [0.5, 0.6) is 0 Å². The Morgan fingerprint density at radius 2 is 2.17 bits per heavy atom. The molecule has 1 fully saturated rings. The summed E-state index contributed by atoms with van der Waals surface area (Å²) in [5.74, 6) is 0.784. The van der Waals surface area contributed by atoms with Crippen LogP contribution in [0.3, 0.4) is 0 Å². The molecule has 0 unspecified atom stereocenters. The monoisotopic (exact) mass is 303 g/mol. The van der Waals surface area contributed by atoms with E-state index in [0.29, 0.717) is 6.04 Å². The van der Waals surface area contributed by atoms with Gasteiger partial charge in [0.2, 0.25) is 0 Å². The number of nitrogens with zero attached hydrogens (tertiary/aromatic N) is 2. The van der Waals surface area contributed by atoms with Crippen molar-refractivity contribution in [1.82, 2.24) is 15.3 Å². The van der Waals surface area contributed by atoms with Crippen LogP contribution in [0.4, 0.5) is 0 Å². The van der Waals surface area contributed by atoms with Crippen LogP contribution < -0.4 is 5.32 Å². The first kappa shape index (κ1) is 11.8. The Kier molecular flexibility index (Phi) is 3.39. The Morgan fingerprint density at radius 3 is 2.94 bits per heavy atom. The third kappa shape index (κ3) is 2.94. The van der Waals surface area contributed by atoms with E-state index in [1.54, 1.807) is 0 Å². The lowest BCUT2D eigenvalue weighted by molar-refractivity contribution is 0.673. The molecule has 4 heteroatoms. The maximum atomic E-state index is 4.59. The van der Waals surface area contributed by atoms with Crippen molar-refractivity contribution >= 4 is 15.9 Å². The minimum absolute atomic E-state index is 0.703. The first-order chi connectivity index (χ1) is 8.81. The van der Waals surface area contributed by atoms with Gasteiger partial charge in [-0.05, 0) is 31.0 Å². The fraction of sp³-hybridized carbons (Fsp3) is 0.286. The first-order valence-electron chi connectivity index (χ1n) is 6.12. The molecule has 18 heavy (non-hydrogen) atoms. The van der Waals surface area contributed by atoms with Crippen LogP contribution in [-0.4, -0.2) is 16.0 Å². The fourth-order valence-corrected chi connectivity index (χ4v) is 2.20. The Balaban J connectivity index is 1.80. The van der Waals surface area contributed by atoms with Gasteiger partial charge in [0, 0.05) is 28.8 Å². The molecule has 2 aromatic rings. The molecule has 3 nitrogen and oxygen atoms in total. The molecule has 0 saturated heterocycles. The highest BCUT2D eigenvalue weighted by Crippen LogP contribution is 2.21. The van der Waals surface area contributed by atoms with E-state index in [0.717, 1.165) is 28.1 Å². The summed E-state index contributed by atoms with van der Waals surface area (Å²) in [5.41, 5.74) is 2.09. The number of benzene rings is 1. The highest BCUT2D eigenvalue weighted by atomic mass is 79.9. The summed E-state index contributed by atoms with van der Waals surface area (Å²) in [6, 6.07) is 10.7. The molecular weight excluding hydrogens is 290 g/mol. The zero-order valence-electron chi connectivity index (χ0n) is 9.94. The van der Waals surface area contributed by atoms with E-state index in [4.69, 9.17) is 0 Å². The minimum Gasteiger partial charge on any atom is -0.308 e. The highest BCUT2D eigenvalue weighted by Gasteiger charge is 2.20. The smallest absolute Gasteiger partial charge is 0.159 e. The second-order valence-electron chi connectivity index (χ2n) is 4.54. The first-order valence-corrected chi connectivity index (χ1v) is 6.92. The predicted molar refractivity (Wildman–Crippen MR) is 75.0 cm³/mol. The van der Waals surface area contributed by atoms with Crippen molar-refractivity contribution in [2.75, 3.05) is 0 Å². The Morgan fingerprint density at radius 1 is 1.28 bits per heavy atom. The molecule has 3 rings (SSSR count). The van der Waals surface area contributed by atoms with E-state index < -0.39 is 0 Å². The number of halogens is 1. The van der Waals surface area contributed by atoms with Crippen molar-refractivity contribution in [2.45, 2.75) is 25.4 Å². The molecule has 92 valence electrons. The quantitative estimate of drug-likeness (QED) is 0.943. The van der Waals surface area contributed by atoms with Gasteiger partial charge in [0.1, 0.15) is 0 Å². The molecule has 0 aliphatic heterocycles. The van der Waals surface area contributed by atoms with Gasteiger partial charge in [0.15, 0.2) is 5.82 Å². The SMILES string of the molecule is Brc1cccc(-c2nccc(CNC3CC3)n2)c1. The van der Waals surface area contributed by atoms with Gasteiger partial charge in [-0.1, -0.05) is 28.1 Å². The highest BCUT2D eigenvalue weighted by molar-refractivity contribution is 9.10. The Hall–Kier alpha value is -1.26. The molecule has 1 heterocycles. The maximum absolute atomic E-state index is 4.59. The molecule has 1 aromatic heterocycles. The predicted octanol–water partition coefficient (Wildman–Crippen LogP) is 3.16. The van der Waals surface area contributed by atoms with Crippen LogP contribution in [0.25, 0.3) is 11.4 Å². The lowest BCUT2D eigenvalue weighted by Crippen LogP contribution is -2.16. The van der Waals surface area contributed by atoms with Crippen molar-refractivity contribution in [2.24, 2.45) is 0 Å². The molecule has 0 amide bonds. The Bertz CT molecular complexity index is 552. The van der Waals surface area contributed by atoms with Gasteiger partial charge in [-0.2, -0.15) is 0 Å². The summed E-state index contributed by atoms with van der Waals surface area (Å²) in [6.07, 6.45) is 4.42. The normalized spacial score (nSPS) is 14.7. The molecule has 0 atom stereocenters. The average Bonchev–Trinajstić information content (AvgIpc) is 3.21. The summed E-state index contributed by atoms with van der Waals surface area (Å²) in [5, 5.41) is 3.46. The van der Waals surface area contributed by atoms with Crippen molar-refractivity contribution in [1.29, 1.82) is 0 Å². The second-order valence-corrected chi connectivity index (χ2v) is 5.45. The van der Waals surface area contributed by atoms with E-state index in [1.165, 1.54) is 12.8 Å². The summed E-state index contributed by atoms with van der Waals surface area (Å²) < 4.78 is 1.05. The van der Waals surface area contributed by atoms with Crippen LogP contribution in [0.2, 0.25) is 0 Å². The van der Waals surface area contributed by atoms with E-state index in [2.05, 4.69) is 31.2 Å². The molecule has 0 spiro atoms. The third-order valence-corrected chi connectivity index (χ3v) is 3.44. The van der Waals surface area contributed by atoms with Crippen LogP contribution in [-0.2, 0) is 6.54 Å². The van der Waals surface area contributed by atoms with Crippen molar-refractivity contribution in [3.05, 3.63) is 46.7 Å². The zero-order chi connectivity index (χ0) is 12.4. The molecule has 1 aliphatic carbocycles. The lowest BCUT2D eigenvalue weighted by Gasteiger charge is -2.05. The molecular formula is C14H14BrN3. The average molecular weight is 304 g/mol. The summed E-state index contributed by atoms with van der Waals surface area (Å²) in [6.45, 7) is 0.828. The van der Waals surface area contributed by atoms with Crippen LogP contribution >= 0.6 is 15.9 Å². The van der Waals surface area contributed by atoms with Gasteiger partial charge >= 0.3 is 0 Å². The molecule has 0 radical (unpaired) electrons. The van der Waals surface area contributed by atoms with Gasteiger partial charge < -0.3 is 5.32 Å². The van der Waals surface area contributed by atoms with E-state index in [1.807, 2.05) is 36.5 Å². The van der Waals surface area contributed by atoms with Crippen LogP contribution in [0.15, 0.2) is 41.0 Å². The van der Waals surface area contributed by atoms with Crippen molar-refractivity contribution < 1.29 is 0 Å². The lowest BCUT2D eigenvalue weighted by atomic mass is 10.2. The number of rotatable bonds is 4. The van der Waals surface area contributed by atoms with Crippen LogP contribution in [0, 0.1) is 0 Å². The largest absolute Gasteiger partial charge is 0.308 e. The zero-order valence-corrected chi connectivity index (χ0v) is 11.5. The van der Waals surface area contributed by atoms with E-state index >= 15 is 0 Å². The number of hydrogen-bond acceptors (Lipinski definition) is 3. The minimum atomic E-state index is 0.703. The van der Waals surface area contributed by atoms with Crippen LogP contribution in [0.1, 0.15) is 18.5 Å². The maximum Gasteiger partial charge on any atom is 0.159 e.